The number of amides is 1. The first-order valence-electron chi connectivity index (χ1n) is 6.94. The van der Waals surface area contributed by atoms with E-state index >= 15 is 0 Å². The lowest BCUT2D eigenvalue weighted by molar-refractivity contribution is -0.121. The van der Waals surface area contributed by atoms with E-state index in [4.69, 9.17) is 9.47 Å². The maximum atomic E-state index is 11.8. The number of carbonyl (C=O) groups is 1. The van der Waals surface area contributed by atoms with Crippen LogP contribution in [0.4, 0.5) is 0 Å². The van der Waals surface area contributed by atoms with E-state index in [0.29, 0.717) is 30.5 Å². The number of benzene rings is 1. The topological polar surface area (TPSA) is 59.6 Å². The van der Waals surface area contributed by atoms with Crippen LogP contribution in [0.3, 0.4) is 0 Å². The fraction of sp³-hybridized carbons (Fsp3) is 0.533. The van der Waals surface area contributed by atoms with Gasteiger partial charge in [-0.25, -0.2) is 0 Å². The molecule has 110 valence electrons. The molecule has 2 N–H and O–H groups in total. The van der Waals surface area contributed by atoms with Crippen molar-refractivity contribution >= 4 is 5.91 Å². The minimum atomic E-state index is 0.0826. The molecule has 0 radical (unpaired) electrons. The van der Waals surface area contributed by atoms with Gasteiger partial charge in [-0.2, -0.15) is 0 Å². The lowest BCUT2D eigenvalue weighted by Gasteiger charge is -2.12. The summed E-state index contributed by atoms with van der Waals surface area (Å²) in [6.07, 6.45) is 2.80. The van der Waals surface area contributed by atoms with Crippen molar-refractivity contribution in [3.8, 4) is 11.5 Å². The summed E-state index contributed by atoms with van der Waals surface area (Å²) in [5.74, 6) is 1.45. The van der Waals surface area contributed by atoms with E-state index in [0.717, 1.165) is 24.9 Å². The van der Waals surface area contributed by atoms with Gasteiger partial charge in [-0.3, -0.25) is 4.79 Å². The summed E-state index contributed by atoms with van der Waals surface area (Å²) in [6.45, 7) is 1.53. The fourth-order valence-corrected chi connectivity index (χ4v) is 2.42. The van der Waals surface area contributed by atoms with Crippen molar-refractivity contribution in [3.63, 3.8) is 0 Å². The van der Waals surface area contributed by atoms with Crippen LogP contribution in [0.2, 0.25) is 0 Å². The number of carbonyl (C=O) groups excluding carboxylic acids is 1. The molecule has 1 heterocycles. The summed E-state index contributed by atoms with van der Waals surface area (Å²) in [7, 11) is 3.21. The molecule has 2 rings (SSSR count). The molecule has 0 bridgehead atoms. The van der Waals surface area contributed by atoms with Crippen LogP contribution in [-0.4, -0.2) is 32.7 Å². The second-order valence-electron chi connectivity index (χ2n) is 4.96. The van der Waals surface area contributed by atoms with Gasteiger partial charge in [0.1, 0.15) is 0 Å². The Hall–Kier alpha value is -1.75. The zero-order valence-electron chi connectivity index (χ0n) is 12.1. The van der Waals surface area contributed by atoms with Crippen LogP contribution >= 0.6 is 0 Å². The van der Waals surface area contributed by atoms with Crippen molar-refractivity contribution < 1.29 is 14.3 Å². The molecule has 0 saturated carbocycles. The van der Waals surface area contributed by atoms with Gasteiger partial charge in [0.15, 0.2) is 11.5 Å². The summed E-state index contributed by atoms with van der Waals surface area (Å²) < 4.78 is 10.4. The normalized spacial score (nSPS) is 17.8. The van der Waals surface area contributed by atoms with Gasteiger partial charge in [0.05, 0.1) is 14.2 Å². The Kier molecular flexibility index (Phi) is 5.24. The van der Waals surface area contributed by atoms with Crippen molar-refractivity contribution in [1.29, 1.82) is 0 Å². The van der Waals surface area contributed by atoms with Gasteiger partial charge in [0.25, 0.3) is 0 Å². The van der Waals surface area contributed by atoms with Crippen LogP contribution in [0.25, 0.3) is 0 Å². The maximum Gasteiger partial charge on any atom is 0.221 e. The smallest absolute Gasteiger partial charge is 0.221 e. The SMILES string of the molecule is COc1ccc(CNC(=O)CC2CCCN2)cc1OC. The van der Waals surface area contributed by atoms with Crippen LogP contribution in [0.5, 0.6) is 11.5 Å². The van der Waals surface area contributed by atoms with Gasteiger partial charge in [-0.05, 0) is 37.1 Å². The molecule has 1 aromatic rings. The molecular formula is C15H22N2O3. The quantitative estimate of drug-likeness (QED) is 0.827. The zero-order valence-corrected chi connectivity index (χ0v) is 12.1. The van der Waals surface area contributed by atoms with E-state index in [9.17, 15) is 4.79 Å². The maximum absolute atomic E-state index is 11.8. The monoisotopic (exact) mass is 278 g/mol. The minimum absolute atomic E-state index is 0.0826. The first-order valence-corrected chi connectivity index (χ1v) is 6.94. The average molecular weight is 278 g/mol. The predicted molar refractivity (Wildman–Crippen MR) is 77.0 cm³/mol. The molecule has 1 fully saturated rings. The highest BCUT2D eigenvalue weighted by Crippen LogP contribution is 2.27. The molecule has 1 aliphatic rings. The molecule has 0 aliphatic carbocycles. The van der Waals surface area contributed by atoms with Crippen LogP contribution < -0.4 is 20.1 Å². The number of hydrogen-bond donors (Lipinski definition) is 2. The Balaban J connectivity index is 1.85. The molecule has 1 amide bonds. The number of rotatable bonds is 6. The molecular weight excluding hydrogens is 256 g/mol. The van der Waals surface area contributed by atoms with E-state index < -0.39 is 0 Å². The molecule has 5 heteroatoms. The highest BCUT2D eigenvalue weighted by Gasteiger charge is 2.17. The van der Waals surface area contributed by atoms with Crippen LogP contribution in [-0.2, 0) is 11.3 Å². The molecule has 20 heavy (non-hydrogen) atoms. The van der Waals surface area contributed by atoms with Crippen molar-refractivity contribution in [1.82, 2.24) is 10.6 Å². The van der Waals surface area contributed by atoms with Crippen molar-refractivity contribution in [3.05, 3.63) is 23.8 Å². The van der Waals surface area contributed by atoms with Gasteiger partial charge in [0.2, 0.25) is 5.91 Å². The van der Waals surface area contributed by atoms with E-state index in [-0.39, 0.29) is 5.91 Å². The van der Waals surface area contributed by atoms with Crippen molar-refractivity contribution in [2.75, 3.05) is 20.8 Å². The number of nitrogens with one attached hydrogen (secondary N) is 2. The third kappa shape index (κ3) is 3.87. The van der Waals surface area contributed by atoms with Gasteiger partial charge in [-0.15, -0.1) is 0 Å². The summed E-state index contributed by atoms with van der Waals surface area (Å²) >= 11 is 0. The average Bonchev–Trinajstić information content (AvgIpc) is 2.97. The van der Waals surface area contributed by atoms with Gasteiger partial charge in [-0.1, -0.05) is 6.07 Å². The third-order valence-electron chi connectivity index (χ3n) is 3.53. The summed E-state index contributed by atoms with van der Waals surface area (Å²) in [5, 5.41) is 6.26. The molecule has 1 saturated heterocycles. The van der Waals surface area contributed by atoms with E-state index in [1.165, 1.54) is 0 Å². The van der Waals surface area contributed by atoms with E-state index in [2.05, 4.69) is 10.6 Å². The molecule has 0 spiro atoms. The van der Waals surface area contributed by atoms with E-state index in [1.54, 1.807) is 14.2 Å². The Morgan fingerprint density at radius 1 is 1.35 bits per heavy atom. The van der Waals surface area contributed by atoms with Crippen LogP contribution in [0.15, 0.2) is 18.2 Å². The van der Waals surface area contributed by atoms with Crippen molar-refractivity contribution in [2.45, 2.75) is 31.8 Å². The molecule has 1 atom stereocenters. The molecule has 1 aliphatic heterocycles. The lowest BCUT2D eigenvalue weighted by Crippen LogP contribution is -2.31. The van der Waals surface area contributed by atoms with Gasteiger partial charge < -0.3 is 20.1 Å². The highest BCUT2D eigenvalue weighted by atomic mass is 16.5. The van der Waals surface area contributed by atoms with Crippen LogP contribution in [0.1, 0.15) is 24.8 Å². The summed E-state index contributed by atoms with van der Waals surface area (Å²) in [6, 6.07) is 5.99. The van der Waals surface area contributed by atoms with Crippen molar-refractivity contribution in [2.24, 2.45) is 0 Å². The number of methoxy groups -OCH3 is 2. The molecule has 5 nitrogen and oxygen atoms in total. The molecule has 1 unspecified atom stereocenters. The Morgan fingerprint density at radius 3 is 2.80 bits per heavy atom. The zero-order chi connectivity index (χ0) is 14.4. The lowest BCUT2D eigenvalue weighted by atomic mass is 10.1. The number of hydrogen-bond acceptors (Lipinski definition) is 4. The second-order valence-corrected chi connectivity index (χ2v) is 4.96. The Bertz CT molecular complexity index is 456. The minimum Gasteiger partial charge on any atom is -0.493 e. The van der Waals surface area contributed by atoms with E-state index in [1.807, 2.05) is 18.2 Å². The molecule has 0 aromatic heterocycles. The highest BCUT2D eigenvalue weighted by molar-refractivity contribution is 5.76. The summed E-state index contributed by atoms with van der Waals surface area (Å²) in [4.78, 5) is 11.8. The van der Waals surface area contributed by atoms with Gasteiger partial charge in [0, 0.05) is 19.0 Å². The first-order chi connectivity index (χ1) is 9.72. The Morgan fingerprint density at radius 2 is 2.15 bits per heavy atom. The van der Waals surface area contributed by atoms with Gasteiger partial charge >= 0.3 is 0 Å². The standard InChI is InChI=1S/C15H22N2O3/c1-19-13-6-5-11(8-14(13)20-2)10-17-15(18)9-12-4-3-7-16-12/h5-6,8,12,16H,3-4,7,9-10H2,1-2H3,(H,17,18). The number of ether oxygens (including phenoxy) is 2. The second kappa shape index (κ2) is 7.14. The summed E-state index contributed by atoms with van der Waals surface area (Å²) in [5.41, 5.74) is 0.996. The largest absolute Gasteiger partial charge is 0.493 e. The van der Waals surface area contributed by atoms with Crippen LogP contribution in [0, 0.1) is 0 Å². The Labute approximate surface area is 119 Å². The first kappa shape index (κ1) is 14.7. The molecule has 1 aromatic carbocycles. The third-order valence-corrected chi connectivity index (χ3v) is 3.53. The fourth-order valence-electron chi connectivity index (χ4n) is 2.42. The predicted octanol–water partition coefficient (Wildman–Crippen LogP) is 1.46.